The summed E-state index contributed by atoms with van der Waals surface area (Å²) in [7, 11) is 0. The van der Waals surface area contributed by atoms with Gasteiger partial charge >= 0.3 is 0 Å². The van der Waals surface area contributed by atoms with Crippen LogP contribution in [-0.4, -0.2) is 86.0 Å². The minimum Gasteiger partial charge on any atom is -0.394 e. The van der Waals surface area contributed by atoms with Crippen LogP contribution in [0.25, 0.3) is 0 Å². The molecule has 0 saturated carbocycles. The Morgan fingerprint density at radius 1 is 0.737 bits per heavy atom. The molecule has 0 aliphatic heterocycles. The van der Waals surface area contributed by atoms with E-state index in [1.165, 1.54) is 0 Å². The molecule has 0 fully saturated rings. The highest BCUT2D eigenvalue weighted by molar-refractivity contribution is 4.43. The van der Waals surface area contributed by atoms with E-state index in [0.29, 0.717) is 46.1 Å². The van der Waals surface area contributed by atoms with Gasteiger partial charge in [-0.1, -0.05) is 6.92 Å². The lowest BCUT2D eigenvalue weighted by atomic mass is 10.3. The second-order valence-corrected chi connectivity index (χ2v) is 3.53. The Bertz CT molecular complexity index is 132. The molecule has 0 saturated heterocycles. The number of hydrogen-bond acceptors (Lipinski definition) is 7. The van der Waals surface area contributed by atoms with Crippen molar-refractivity contribution in [2.75, 3.05) is 59.5 Å². The third-order valence-corrected chi connectivity index (χ3v) is 1.90. The van der Waals surface area contributed by atoms with E-state index in [1.807, 2.05) is 6.92 Å². The van der Waals surface area contributed by atoms with Crippen molar-refractivity contribution in [3.8, 4) is 0 Å². The fourth-order valence-corrected chi connectivity index (χ4v) is 0.800. The summed E-state index contributed by atoms with van der Waals surface area (Å²) in [6.45, 7) is 4.47. The summed E-state index contributed by atoms with van der Waals surface area (Å²) in [6, 6.07) is 0. The maximum atomic E-state index is 8.42. The zero-order valence-corrected chi connectivity index (χ0v) is 11.7. The SMILES string of the molecule is CCC(O)CO.OCCOCCOCCOCCO. The molecule has 7 heteroatoms. The molecule has 1 unspecified atom stereocenters. The Balaban J connectivity index is 0. The van der Waals surface area contributed by atoms with Crippen LogP contribution >= 0.6 is 0 Å². The van der Waals surface area contributed by atoms with Gasteiger partial charge in [-0.05, 0) is 6.42 Å². The van der Waals surface area contributed by atoms with Crippen molar-refractivity contribution in [1.29, 1.82) is 0 Å². The van der Waals surface area contributed by atoms with Crippen molar-refractivity contribution in [2.24, 2.45) is 0 Å². The molecule has 0 spiro atoms. The molecule has 7 nitrogen and oxygen atoms in total. The summed E-state index contributed by atoms with van der Waals surface area (Å²) < 4.78 is 15.0. The van der Waals surface area contributed by atoms with Gasteiger partial charge in [0.15, 0.2) is 0 Å². The fraction of sp³-hybridized carbons (Fsp3) is 1.00. The highest BCUT2D eigenvalue weighted by Gasteiger charge is 1.92. The maximum absolute atomic E-state index is 8.42. The molecule has 0 amide bonds. The van der Waals surface area contributed by atoms with E-state index >= 15 is 0 Å². The van der Waals surface area contributed by atoms with Gasteiger partial charge in [0.05, 0.1) is 65.6 Å². The van der Waals surface area contributed by atoms with E-state index < -0.39 is 6.10 Å². The smallest absolute Gasteiger partial charge is 0.0768 e. The van der Waals surface area contributed by atoms with E-state index in [9.17, 15) is 0 Å². The van der Waals surface area contributed by atoms with Gasteiger partial charge < -0.3 is 34.6 Å². The maximum Gasteiger partial charge on any atom is 0.0768 e. The predicted octanol–water partition coefficient (Wildman–Crippen LogP) is -1.23. The Kier molecular flexibility index (Phi) is 22.2. The second-order valence-electron chi connectivity index (χ2n) is 3.53. The lowest BCUT2D eigenvalue weighted by molar-refractivity contribution is 0.00230. The van der Waals surface area contributed by atoms with Crippen LogP contribution in [0.5, 0.6) is 0 Å². The molecule has 0 aromatic heterocycles. The molecule has 0 radical (unpaired) electrons. The minimum atomic E-state index is -0.509. The first kappa shape index (κ1) is 21.0. The van der Waals surface area contributed by atoms with Crippen molar-refractivity contribution >= 4 is 0 Å². The normalized spacial score (nSPS) is 11.8. The molecule has 0 heterocycles. The molecule has 0 aliphatic carbocycles. The van der Waals surface area contributed by atoms with Crippen molar-refractivity contribution in [3.63, 3.8) is 0 Å². The van der Waals surface area contributed by atoms with Crippen LogP contribution < -0.4 is 0 Å². The summed E-state index contributed by atoms with van der Waals surface area (Å²) in [4.78, 5) is 0. The molecule has 4 N–H and O–H groups in total. The van der Waals surface area contributed by atoms with Gasteiger partial charge in [0.2, 0.25) is 0 Å². The Morgan fingerprint density at radius 3 is 1.32 bits per heavy atom. The number of aliphatic hydroxyl groups excluding tert-OH is 4. The van der Waals surface area contributed by atoms with E-state index in [4.69, 9.17) is 34.6 Å². The number of hydrogen-bond donors (Lipinski definition) is 4. The summed E-state index contributed by atoms with van der Waals surface area (Å²) in [5.41, 5.74) is 0. The molecule has 1 atom stereocenters. The lowest BCUT2D eigenvalue weighted by Gasteiger charge is -2.04. The van der Waals surface area contributed by atoms with Gasteiger partial charge in [0, 0.05) is 0 Å². The molecule has 0 aromatic rings. The number of rotatable bonds is 12. The van der Waals surface area contributed by atoms with Crippen LogP contribution in [0.4, 0.5) is 0 Å². The molecule has 0 rings (SSSR count). The first-order valence-electron chi connectivity index (χ1n) is 6.46. The zero-order chi connectivity index (χ0) is 14.8. The average Bonchev–Trinajstić information content (AvgIpc) is 2.45. The first-order chi connectivity index (χ1) is 9.22. The van der Waals surface area contributed by atoms with Gasteiger partial charge in [-0.2, -0.15) is 0 Å². The van der Waals surface area contributed by atoms with Crippen molar-refractivity contribution < 1.29 is 34.6 Å². The highest BCUT2D eigenvalue weighted by Crippen LogP contribution is 1.83. The Hall–Kier alpha value is -0.280. The van der Waals surface area contributed by atoms with E-state index in [2.05, 4.69) is 0 Å². The Labute approximate surface area is 114 Å². The molecular formula is C12H28O7. The van der Waals surface area contributed by atoms with Gasteiger partial charge in [-0.3, -0.25) is 0 Å². The van der Waals surface area contributed by atoms with Crippen molar-refractivity contribution in [1.82, 2.24) is 0 Å². The van der Waals surface area contributed by atoms with Gasteiger partial charge in [-0.15, -0.1) is 0 Å². The quantitative estimate of drug-likeness (QED) is 0.332. The molecule has 118 valence electrons. The highest BCUT2D eigenvalue weighted by atomic mass is 16.5. The minimum absolute atomic E-state index is 0.0413. The van der Waals surface area contributed by atoms with Crippen LogP contribution in [0, 0.1) is 0 Å². The number of aliphatic hydroxyl groups is 4. The monoisotopic (exact) mass is 284 g/mol. The lowest BCUT2D eigenvalue weighted by Crippen LogP contribution is -2.11. The van der Waals surface area contributed by atoms with Crippen LogP contribution in [0.2, 0.25) is 0 Å². The van der Waals surface area contributed by atoms with Crippen LogP contribution in [0.3, 0.4) is 0 Å². The average molecular weight is 284 g/mol. The number of ether oxygens (including phenoxy) is 3. The molecule has 19 heavy (non-hydrogen) atoms. The van der Waals surface area contributed by atoms with E-state index in [-0.39, 0.29) is 19.8 Å². The summed E-state index contributed by atoms with van der Waals surface area (Å²) in [5.74, 6) is 0. The molecule has 0 bridgehead atoms. The van der Waals surface area contributed by atoms with Crippen molar-refractivity contribution in [3.05, 3.63) is 0 Å². The van der Waals surface area contributed by atoms with Crippen LogP contribution in [0.1, 0.15) is 13.3 Å². The van der Waals surface area contributed by atoms with E-state index in [1.54, 1.807) is 0 Å². The van der Waals surface area contributed by atoms with E-state index in [0.717, 1.165) is 0 Å². The zero-order valence-electron chi connectivity index (χ0n) is 11.7. The largest absolute Gasteiger partial charge is 0.394 e. The predicted molar refractivity (Wildman–Crippen MR) is 70.0 cm³/mol. The third kappa shape index (κ3) is 23.3. The Morgan fingerprint density at radius 2 is 1.11 bits per heavy atom. The van der Waals surface area contributed by atoms with Gasteiger partial charge in [-0.25, -0.2) is 0 Å². The molecule has 0 aromatic carbocycles. The van der Waals surface area contributed by atoms with Gasteiger partial charge in [0.25, 0.3) is 0 Å². The standard InChI is InChI=1S/C8H18O5.C4H10O2/c9-1-3-11-5-7-13-8-6-12-4-2-10;1-2-4(6)3-5/h9-10H,1-8H2;4-6H,2-3H2,1H3. The topological polar surface area (TPSA) is 109 Å². The molecular weight excluding hydrogens is 256 g/mol. The summed E-state index contributed by atoms with van der Waals surface area (Å²) in [6.07, 6.45) is 0.126. The molecule has 0 aliphatic rings. The third-order valence-electron chi connectivity index (χ3n) is 1.90. The van der Waals surface area contributed by atoms with Crippen LogP contribution in [0.15, 0.2) is 0 Å². The fourth-order valence-electron chi connectivity index (χ4n) is 0.800. The summed E-state index contributed by atoms with van der Waals surface area (Å²) >= 11 is 0. The van der Waals surface area contributed by atoms with Gasteiger partial charge in [0.1, 0.15) is 0 Å². The summed E-state index contributed by atoms with van der Waals surface area (Å²) in [5, 5.41) is 33.2. The van der Waals surface area contributed by atoms with Crippen molar-refractivity contribution in [2.45, 2.75) is 19.4 Å². The first-order valence-corrected chi connectivity index (χ1v) is 6.46. The van der Waals surface area contributed by atoms with Crippen LogP contribution in [-0.2, 0) is 14.2 Å². The second kappa shape index (κ2) is 20.0.